The fourth-order valence-electron chi connectivity index (χ4n) is 3.75. The molecule has 3 heterocycles. The van der Waals surface area contributed by atoms with Crippen LogP contribution in [0.4, 0.5) is 5.13 Å². The zero-order valence-electron chi connectivity index (χ0n) is 14.2. The van der Waals surface area contributed by atoms with Gasteiger partial charge in [-0.25, -0.2) is 4.98 Å². The Kier molecular flexibility index (Phi) is 4.14. The van der Waals surface area contributed by atoms with Gasteiger partial charge >= 0.3 is 0 Å². The van der Waals surface area contributed by atoms with Crippen LogP contribution >= 0.6 is 11.3 Å². The Morgan fingerprint density at radius 3 is 2.88 bits per heavy atom. The highest BCUT2D eigenvalue weighted by atomic mass is 32.1. The SMILES string of the molecule is CCN1CCC(n2ncc3c2-c2sc(NC(C)=O)nc2CC3)CC1. The molecule has 4 rings (SSSR count). The summed E-state index contributed by atoms with van der Waals surface area (Å²) < 4.78 is 2.23. The molecule has 0 saturated carbocycles. The van der Waals surface area contributed by atoms with Gasteiger partial charge < -0.3 is 10.2 Å². The van der Waals surface area contributed by atoms with E-state index in [1.807, 2.05) is 6.20 Å². The van der Waals surface area contributed by atoms with E-state index in [9.17, 15) is 4.79 Å². The van der Waals surface area contributed by atoms with Crippen LogP contribution < -0.4 is 5.32 Å². The van der Waals surface area contributed by atoms with Gasteiger partial charge in [-0.3, -0.25) is 9.48 Å². The summed E-state index contributed by atoms with van der Waals surface area (Å²) in [6.45, 7) is 7.16. The molecule has 2 aliphatic rings. The Morgan fingerprint density at radius 2 is 2.17 bits per heavy atom. The van der Waals surface area contributed by atoms with E-state index < -0.39 is 0 Å². The number of rotatable bonds is 3. The summed E-state index contributed by atoms with van der Waals surface area (Å²) in [6.07, 6.45) is 6.24. The number of thiazole rings is 1. The van der Waals surface area contributed by atoms with Gasteiger partial charge in [0.1, 0.15) is 0 Å². The van der Waals surface area contributed by atoms with Crippen LogP contribution in [0.2, 0.25) is 0 Å². The van der Waals surface area contributed by atoms with Crippen LogP contribution in [-0.4, -0.2) is 45.2 Å². The van der Waals surface area contributed by atoms with Crippen molar-refractivity contribution in [2.75, 3.05) is 25.0 Å². The van der Waals surface area contributed by atoms with Crippen molar-refractivity contribution in [1.29, 1.82) is 0 Å². The predicted molar refractivity (Wildman–Crippen MR) is 95.4 cm³/mol. The van der Waals surface area contributed by atoms with Crippen molar-refractivity contribution in [3.8, 4) is 10.6 Å². The van der Waals surface area contributed by atoms with E-state index in [2.05, 4.69) is 26.8 Å². The van der Waals surface area contributed by atoms with Crippen LogP contribution in [0.1, 0.15) is 44.0 Å². The van der Waals surface area contributed by atoms with Gasteiger partial charge in [0, 0.05) is 20.0 Å². The number of piperidine rings is 1. The molecule has 0 atom stereocenters. The molecule has 2 aromatic rings. The second kappa shape index (κ2) is 6.29. The van der Waals surface area contributed by atoms with Crippen LogP contribution in [0.3, 0.4) is 0 Å². The van der Waals surface area contributed by atoms with E-state index in [0.717, 1.165) is 51.0 Å². The number of likely N-dealkylation sites (tertiary alicyclic amines) is 1. The molecule has 0 aromatic carbocycles. The van der Waals surface area contributed by atoms with E-state index >= 15 is 0 Å². The lowest BCUT2D eigenvalue weighted by Crippen LogP contribution is -2.34. The first-order valence-corrected chi connectivity index (χ1v) is 9.53. The summed E-state index contributed by atoms with van der Waals surface area (Å²) in [5.41, 5.74) is 3.66. The van der Waals surface area contributed by atoms with E-state index in [1.165, 1.54) is 23.1 Å². The van der Waals surface area contributed by atoms with Crippen LogP contribution in [0, 0.1) is 0 Å². The molecule has 0 spiro atoms. The number of hydrogen-bond acceptors (Lipinski definition) is 5. The Labute approximate surface area is 145 Å². The number of hydrogen-bond donors (Lipinski definition) is 1. The minimum Gasteiger partial charge on any atom is -0.303 e. The number of fused-ring (bicyclic) bond motifs is 3. The lowest BCUT2D eigenvalue weighted by molar-refractivity contribution is -0.114. The first-order chi connectivity index (χ1) is 11.7. The number of carbonyl (C=O) groups is 1. The Morgan fingerprint density at radius 1 is 1.38 bits per heavy atom. The second-order valence-electron chi connectivity index (χ2n) is 6.60. The molecule has 1 aliphatic carbocycles. The fraction of sp³-hybridized carbons (Fsp3) is 0.588. The summed E-state index contributed by atoms with van der Waals surface area (Å²) in [5, 5.41) is 8.26. The maximum absolute atomic E-state index is 11.3. The molecule has 6 nitrogen and oxygen atoms in total. The number of nitrogens with zero attached hydrogens (tertiary/aromatic N) is 4. The summed E-state index contributed by atoms with van der Waals surface area (Å²) in [4.78, 5) is 19.6. The topological polar surface area (TPSA) is 63.1 Å². The van der Waals surface area contributed by atoms with Gasteiger partial charge in [-0.05, 0) is 37.8 Å². The van der Waals surface area contributed by atoms with Crippen molar-refractivity contribution >= 4 is 22.4 Å². The van der Waals surface area contributed by atoms with Crippen molar-refractivity contribution < 1.29 is 4.79 Å². The molecule has 1 N–H and O–H groups in total. The molecule has 0 bridgehead atoms. The quantitative estimate of drug-likeness (QED) is 0.929. The van der Waals surface area contributed by atoms with Gasteiger partial charge in [0.05, 0.1) is 28.5 Å². The maximum atomic E-state index is 11.3. The van der Waals surface area contributed by atoms with Gasteiger partial charge in [-0.1, -0.05) is 18.3 Å². The molecular weight excluding hydrogens is 322 g/mol. The normalized spacial score (nSPS) is 18.2. The number of nitrogens with one attached hydrogen (secondary N) is 1. The summed E-state index contributed by atoms with van der Waals surface area (Å²) in [6, 6.07) is 0.466. The first kappa shape index (κ1) is 15.8. The molecule has 0 unspecified atom stereocenters. The summed E-state index contributed by atoms with van der Waals surface area (Å²) >= 11 is 1.58. The zero-order chi connectivity index (χ0) is 16.7. The minimum atomic E-state index is -0.0678. The largest absolute Gasteiger partial charge is 0.303 e. The van der Waals surface area contributed by atoms with Crippen molar-refractivity contribution in [1.82, 2.24) is 19.7 Å². The third kappa shape index (κ3) is 2.75. The molecule has 1 amide bonds. The van der Waals surface area contributed by atoms with Crippen LogP contribution in [0.25, 0.3) is 10.6 Å². The van der Waals surface area contributed by atoms with Gasteiger partial charge in [0.15, 0.2) is 5.13 Å². The molecule has 2 aromatic heterocycles. The van der Waals surface area contributed by atoms with Crippen LogP contribution in [-0.2, 0) is 17.6 Å². The third-order valence-electron chi connectivity index (χ3n) is 5.05. The van der Waals surface area contributed by atoms with E-state index in [4.69, 9.17) is 5.10 Å². The van der Waals surface area contributed by atoms with Gasteiger partial charge in [-0.15, -0.1) is 0 Å². The lowest BCUT2D eigenvalue weighted by atomic mass is 9.99. The van der Waals surface area contributed by atoms with Crippen LogP contribution in [0.5, 0.6) is 0 Å². The molecule has 24 heavy (non-hydrogen) atoms. The maximum Gasteiger partial charge on any atom is 0.223 e. The van der Waals surface area contributed by atoms with E-state index in [0.29, 0.717) is 11.2 Å². The molecule has 0 radical (unpaired) electrons. The average Bonchev–Trinajstić information content (AvgIpc) is 3.17. The highest BCUT2D eigenvalue weighted by molar-refractivity contribution is 7.19. The molecule has 7 heteroatoms. The number of aromatic nitrogens is 3. The number of anilines is 1. The van der Waals surface area contributed by atoms with E-state index in [1.54, 1.807) is 11.3 Å². The number of amides is 1. The number of carbonyl (C=O) groups excluding carboxylic acids is 1. The first-order valence-electron chi connectivity index (χ1n) is 8.72. The molecule has 1 fully saturated rings. The summed E-state index contributed by atoms with van der Waals surface area (Å²) in [7, 11) is 0. The fourth-order valence-corrected chi connectivity index (χ4v) is 4.88. The predicted octanol–water partition coefficient (Wildman–Crippen LogP) is 2.72. The average molecular weight is 345 g/mol. The van der Waals surface area contributed by atoms with Crippen molar-refractivity contribution in [2.45, 2.75) is 45.6 Å². The van der Waals surface area contributed by atoms with Crippen LogP contribution in [0.15, 0.2) is 6.20 Å². The standard InChI is InChI=1S/C17H23N5OS/c1-3-21-8-6-13(7-9-21)22-15-12(10-18-22)4-5-14-16(15)24-17(20-14)19-11(2)23/h10,13H,3-9H2,1-2H3,(H,19,20,23). The zero-order valence-corrected chi connectivity index (χ0v) is 15.0. The van der Waals surface area contributed by atoms with Gasteiger partial charge in [0.25, 0.3) is 0 Å². The highest BCUT2D eigenvalue weighted by Crippen LogP contribution is 2.41. The molecule has 1 saturated heterocycles. The Balaban J connectivity index is 1.66. The highest BCUT2D eigenvalue weighted by Gasteiger charge is 2.29. The van der Waals surface area contributed by atoms with Crippen molar-refractivity contribution in [3.05, 3.63) is 17.5 Å². The minimum absolute atomic E-state index is 0.0678. The van der Waals surface area contributed by atoms with Crippen molar-refractivity contribution in [2.24, 2.45) is 0 Å². The Bertz CT molecular complexity index is 757. The Hall–Kier alpha value is -1.73. The number of aryl methyl sites for hydroxylation is 2. The molecule has 128 valence electrons. The lowest BCUT2D eigenvalue weighted by Gasteiger charge is -2.32. The smallest absolute Gasteiger partial charge is 0.223 e. The van der Waals surface area contributed by atoms with Crippen molar-refractivity contribution in [3.63, 3.8) is 0 Å². The van der Waals surface area contributed by atoms with Gasteiger partial charge in [0.2, 0.25) is 5.91 Å². The third-order valence-corrected chi connectivity index (χ3v) is 6.07. The molecule has 1 aliphatic heterocycles. The second-order valence-corrected chi connectivity index (χ2v) is 7.60. The van der Waals surface area contributed by atoms with E-state index in [-0.39, 0.29) is 5.91 Å². The monoisotopic (exact) mass is 345 g/mol. The van der Waals surface area contributed by atoms with Gasteiger partial charge in [-0.2, -0.15) is 5.10 Å². The summed E-state index contributed by atoms with van der Waals surface area (Å²) in [5.74, 6) is -0.0678. The molecular formula is C17H23N5OS.